The number of hydrogen-bond acceptors (Lipinski definition) is 4. The number of nitrogens with two attached hydrogens (primary N) is 1. The fourth-order valence-corrected chi connectivity index (χ4v) is 1.78. The molecule has 0 saturated heterocycles. The van der Waals surface area contributed by atoms with Crippen molar-refractivity contribution in [3.63, 3.8) is 0 Å². The summed E-state index contributed by atoms with van der Waals surface area (Å²) in [5.41, 5.74) is 6.38. The van der Waals surface area contributed by atoms with E-state index in [-0.39, 0.29) is 0 Å². The Hall–Kier alpha value is -2.04. The van der Waals surface area contributed by atoms with Crippen LogP contribution in [0, 0.1) is 0 Å². The van der Waals surface area contributed by atoms with E-state index < -0.39 is 0 Å². The van der Waals surface area contributed by atoms with E-state index in [9.17, 15) is 0 Å². The molecule has 17 heavy (non-hydrogen) atoms. The van der Waals surface area contributed by atoms with Crippen LogP contribution in [0.2, 0.25) is 0 Å². The first-order valence-corrected chi connectivity index (χ1v) is 5.69. The summed E-state index contributed by atoms with van der Waals surface area (Å²) >= 11 is 0. The molecule has 1 aromatic heterocycles. The fourth-order valence-electron chi connectivity index (χ4n) is 1.78. The summed E-state index contributed by atoms with van der Waals surface area (Å²) in [5.74, 6) is 1.63. The van der Waals surface area contributed by atoms with Crippen molar-refractivity contribution in [2.24, 2.45) is 0 Å². The second kappa shape index (κ2) is 4.08. The van der Waals surface area contributed by atoms with Gasteiger partial charge in [0.25, 0.3) is 0 Å². The van der Waals surface area contributed by atoms with E-state index in [1.807, 2.05) is 18.2 Å². The lowest BCUT2D eigenvalue weighted by atomic mass is 10.3. The molecule has 0 unspecified atom stereocenters. The lowest BCUT2D eigenvalue weighted by Gasteiger charge is -2.07. The minimum atomic E-state index is 0.431. The molecule has 3 rings (SSSR count). The number of anilines is 1. The van der Waals surface area contributed by atoms with Crippen molar-refractivity contribution in [3.8, 4) is 5.75 Å². The van der Waals surface area contributed by atoms with Crippen LogP contribution in [-0.2, 0) is 6.61 Å². The van der Waals surface area contributed by atoms with E-state index in [1.165, 1.54) is 12.8 Å². The summed E-state index contributed by atoms with van der Waals surface area (Å²) in [6, 6.07) is 7.96. The third-order valence-corrected chi connectivity index (χ3v) is 2.81. The number of aromatic nitrogens is 3. The number of ether oxygens (including phenoxy) is 1. The van der Waals surface area contributed by atoms with E-state index in [2.05, 4.69) is 14.8 Å². The first kappa shape index (κ1) is 10.1. The third-order valence-electron chi connectivity index (χ3n) is 2.81. The number of nitrogen functional groups attached to an aromatic ring is 1. The second-order valence-electron chi connectivity index (χ2n) is 4.25. The smallest absolute Gasteiger partial charge is 0.171 e. The Morgan fingerprint density at radius 3 is 3.06 bits per heavy atom. The van der Waals surface area contributed by atoms with Gasteiger partial charge in [-0.15, -0.1) is 10.2 Å². The molecule has 0 bridgehead atoms. The molecule has 88 valence electrons. The molecule has 2 N–H and O–H groups in total. The topological polar surface area (TPSA) is 66.0 Å². The van der Waals surface area contributed by atoms with Gasteiger partial charge in [-0.05, 0) is 25.0 Å². The van der Waals surface area contributed by atoms with Gasteiger partial charge >= 0.3 is 0 Å². The standard InChI is InChI=1S/C12H14N4O/c13-9-2-1-3-11(6-9)17-7-12-15-14-8-16(12)10-4-5-10/h1-3,6,8,10H,4-5,7,13H2. The summed E-state index contributed by atoms with van der Waals surface area (Å²) in [7, 11) is 0. The van der Waals surface area contributed by atoms with E-state index in [1.54, 1.807) is 12.4 Å². The monoisotopic (exact) mass is 230 g/mol. The number of nitrogens with zero attached hydrogens (tertiary/aromatic N) is 3. The highest BCUT2D eigenvalue weighted by Gasteiger charge is 2.26. The molecule has 1 heterocycles. The molecule has 0 radical (unpaired) electrons. The maximum atomic E-state index is 5.68. The van der Waals surface area contributed by atoms with Gasteiger partial charge in [0.2, 0.25) is 0 Å². The molecular weight excluding hydrogens is 216 g/mol. The molecule has 0 atom stereocenters. The molecule has 1 aromatic carbocycles. The van der Waals surface area contributed by atoms with Gasteiger partial charge in [-0.1, -0.05) is 6.07 Å². The van der Waals surface area contributed by atoms with Crippen LogP contribution in [-0.4, -0.2) is 14.8 Å². The minimum Gasteiger partial charge on any atom is -0.486 e. The molecule has 0 amide bonds. The molecule has 1 aliphatic rings. The Morgan fingerprint density at radius 2 is 2.29 bits per heavy atom. The van der Waals surface area contributed by atoms with Crippen LogP contribution >= 0.6 is 0 Å². The van der Waals surface area contributed by atoms with Gasteiger partial charge in [0.05, 0.1) is 0 Å². The second-order valence-corrected chi connectivity index (χ2v) is 4.25. The zero-order valence-corrected chi connectivity index (χ0v) is 9.41. The highest BCUT2D eigenvalue weighted by Crippen LogP contribution is 2.35. The molecule has 5 nitrogen and oxygen atoms in total. The van der Waals surface area contributed by atoms with E-state index in [0.717, 1.165) is 11.6 Å². The number of rotatable bonds is 4. The van der Waals surface area contributed by atoms with Crippen LogP contribution < -0.4 is 10.5 Å². The van der Waals surface area contributed by atoms with Crippen LogP contribution in [0.1, 0.15) is 24.7 Å². The van der Waals surface area contributed by atoms with Crippen LogP contribution in [0.3, 0.4) is 0 Å². The van der Waals surface area contributed by atoms with Crippen LogP contribution in [0.25, 0.3) is 0 Å². The number of hydrogen-bond donors (Lipinski definition) is 1. The Morgan fingerprint density at radius 1 is 1.41 bits per heavy atom. The Bertz CT molecular complexity index is 519. The summed E-state index contributed by atoms with van der Waals surface area (Å²) in [4.78, 5) is 0. The lowest BCUT2D eigenvalue weighted by Crippen LogP contribution is -2.05. The Balaban J connectivity index is 1.69. The first-order valence-electron chi connectivity index (χ1n) is 5.69. The minimum absolute atomic E-state index is 0.431. The highest BCUT2D eigenvalue weighted by atomic mass is 16.5. The molecule has 0 aliphatic heterocycles. The SMILES string of the molecule is Nc1cccc(OCc2nncn2C2CC2)c1. The Labute approximate surface area is 99.2 Å². The van der Waals surface area contributed by atoms with Crippen LogP contribution in [0.15, 0.2) is 30.6 Å². The molecule has 0 spiro atoms. The largest absolute Gasteiger partial charge is 0.486 e. The van der Waals surface area contributed by atoms with Crippen molar-refractivity contribution < 1.29 is 4.74 Å². The molecule has 1 aliphatic carbocycles. The summed E-state index contributed by atoms with van der Waals surface area (Å²) in [6.07, 6.45) is 4.20. The predicted molar refractivity (Wildman–Crippen MR) is 63.5 cm³/mol. The van der Waals surface area contributed by atoms with E-state index >= 15 is 0 Å². The summed E-state index contributed by atoms with van der Waals surface area (Å²) in [6.45, 7) is 0.431. The van der Waals surface area contributed by atoms with Crippen molar-refractivity contribution in [2.75, 3.05) is 5.73 Å². The quantitative estimate of drug-likeness (QED) is 0.813. The molecule has 1 saturated carbocycles. The van der Waals surface area contributed by atoms with Crippen molar-refractivity contribution in [1.29, 1.82) is 0 Å². The van der Waals surface area contributed by atoms with Gasteiger partial charge in [0, 0.05) is 17.8 Å². The van der Waals surface area contributed by atoms with Crippen LogP contribution in [0.5, 0.6) is 5.75 Å². The average molecular weight is 230 g/mol. The fraction of sp³-hybridized carbons (Fsp3) is 0.333. The third kappa shape index (κ3) is 2.22. The number of benzene rings is 1. The van der Waals surface area contributed by atoms with Gasteiger partial charge in [-0.2, -0.15) is 0 Å². The van der Waals surface area contributed by atoms with Gasteiger partial charge in [-0.25, -0.2) is 0 Å². The van der Waals surface area contributed by atoms with E-state index in [4.69, 9.17) is 10.5 Å². The van der Waals surface area contributed by atoms with Crippen LogP contribution in [0.4, 0.5) is 5.69 Å². The normalized spacial score (nSPS) is 14.8. The Kier molecular flexibility index (Phi) is 2.44. The van der Waals surface area contributed by atoms with Crippen molar-refractivity contribution in [3.05, 3.63) is 36.4 Å². The highest BCUT2D eigenvalue weighted by molar-refractivity contribution is 5.43. The zero-order chi connectivity index (χ0) is 11.7. The molecule has 1 fully saturated rings. The molecule has 2 aromatic rings. The van der Waals surface area contributed by atoms with Gasteiger partial charge < -0.3 is 15.0 Å². The predicted octanol–water partition coefficient (Wildman–Crippen LogP) is 1.77. The first-order chi connectivity index (χ1) is 8.33. The summed E-state index contributed by atoms with van der Waals surface area (Å²) < 4.78 is 7.74. The summed E-state index contributed by atoms with van der Waals surface area (Å²) in [5, 5.41) is 7.99. The maximum Gasteiger partial charge on any atom is 0.171 e. The zero-order valence-electron chi connectivity index (χ0n) is 9.41. The van der Waals surface area contributed by atoms with Gasteiger partial charge in [0.15, 0.2) is 5.82 Å². The van der Waals surface area contributed by atoms with Gasteiger partial charge in [0.1, 0.15) is 18.7 Å². The maximum absolute atomic E-state index is 5.68. The average Bonchev–Trinajstić information content (AvgIpc) is 3.06. The van der Waals surface area contributed by atoms with Crippen molar-refractivity contribution in [2.45, 2.75) is 25.5 Å². The van der Waals surface area contributed by atoms with E-state index in [0.29, 0.717) is 18.3 Å². The van der Waals surface area contributed by atoms with Crippen molar-refractivity contribution >= 4 is 5.69 Å². The van der Waals surface area contributed by atoms with Crippen molar-refractivity contribution in [1.82, 2.24) is 14.8 Å². The lowest BCUT2D eigenvalue weighted by molar-refractivity contribution is 0.289. The van der Waals surface area contributed by atoms with Gasteiger partial charge in [-0.3, -0.25) is 0 Å². The molecule has 5 heteroatoms. The molecular formula is C12H14N4O.